The number of hydrogen-bond donors (Lipinski definition) is 5. The minimum atomic E-state index is -5.12. The molecule has 0 unspecified atom stereocenters. The van der Waals surface area contributed by atoms with E-state index in [4.69, 9.17) is 42.9 Å². The zero-order chi connectivity index (χ0) is 51.8. The Kier molecular flexibility index (Phi) is 14.8. The molecule has 2 saturated carbocycles. The lowest BCUT2D eigenvalue weighted by molar-refractivity contribution is -0.346. The number of rotatable bonds is 14. The van der Waals surface area contributed by atoms with Gasteiger partial charge < -0.3 is 58.5 Å². The zero-order valence-corrected chi connectivity index (χ0v) is 40.3. The molecule has 0 aromatic heterocycles. The summed E-state index contributed by atoms with van der Waals surface area (Å²) in [6.07, 6.45) is -12.8. The van der Waals surface area contributed by atoms with Gasteiger partial charge in [-0.15, -0.1) is 0 Å². The van der Waals surface area contributed by atoms with Crippen LogP contribution >= 0.6 is 7.82 Å². The molecule has 1 saturated heterocycles. The number of carbonyl (C=O) groups excluding carboxylic acids is 7. The van der Waals surface area contributed by atoms with E-state index in [-0.39, 0.29) is 40.9 Å². The molecular formula is C49H54NO20P. The maximum atomic E-state index is 15.7. The molecule has 3 aliphatic carbocycles. The molecule has 0 spiro atoms. The number of benzene rings is 3. The fourth-order valence-electron chi connectivity index (χ4n) is 10.5. The van der Waals surface area contributed by atoms with Crippen molar-refractivity contribution in [3.05, 3.63) is 119 Å². The largest absolute Gasteiger partial charge is 0.472 e. The van der Waals surface area contributed by atoms with E-state index in [1.807, 2.05) is 0 Å². The van der Waals surface area contributed by atoms with Crippen LogP contribution in [0.5, 0.6) is 0 Å². The molecule has 11 atom stereocenters. The zero-order valence-electron chi connectivity index (χ0n) is 39.4. The van der Waals surface area contributed by atoms with Crippen LogP contribution < -0.4 is 5.32 Å². The van der Waals surface area contributed by atoms with Gasteiger partial charge in [-0.25, -0.2) is 28.3 Å². The fraction of sp³-hybridized carbons (Fsp3) is 0.449. The first-order valence-corrected chi connectivity index (χ1v) is 23.9. The van der Waals surface area contributed by atoms with Crippen molar-refractivity contribution in [2.45, 2.75) is 108 Å². The standard InChI is InChI=1S/C49H54NO20P/c1-26-32(67-44(57)38(68-42(55)30-18-12-8-13-19-30)36(29-16-10-7-11-17-29)50-45(58)64-25-65-71(60,61)62)23-49(59)41(69-43(56)31-20-14-9-15-21-31)39-47(6,33(53)22-34-48(39,24-63-34)70-28(3)52)40(54)37(66-27(2)51)35(26)46(49,4)5/h7-21,32-34,36-39,41,53,59H,22-25H2,1-6H3,(H,50,58)(H2,60,61,62)/t32-,33-,34+,36-,37+,38+,39-,41-,47+,48-,49+/m0/s1. The molecule has 1 heterocycles. The number of nitrogens with one attached hydrogen (secondary N) is 1. The Labute approximate surface area is 406 Å². The molecule has 22 heteroatoms. The third-order valence-corrected chi connectivity index (χ3v) is 14.5. The highest BCUT2D eigenvalue weighted by atomic mass is 31.2. The molecule has 3 aromatic carbocycles. The molecule has 1 aliphatic heterocycles. The van der Waals surface area contributed by atoms with Crippen LogP contribution in [-0.2, 0) is 61.4 Å². The summed E-state index contributed by atoms with van der Waals surface area (Å²) in [5.41, 5.74) is -8.36. The first-order valence-electron chi connectivity index (χ1n) is 22.4. The summed E-state index contributed by atoms with van der Waals surface area (Å²) in [7, 11) is -5.12. The van der Waals surface area contributed by atoms with Gasteiger partial charge in [0.15, 0.2) is 17.5 Å². The number of ether oxygens (including phenoxy) is 7. The highest BCUT2D eigenvalue weighted by molar-refractivity contribution is 7.46. The molecular weight excluding hydrogens is 954 g/mol. The van der Waals surface area contributed by atoms with Gasteiger partial charge in [-0.2, -0.15) is 0 Å². The van der Waals surface area contributed by atoms with Crippen molar-refractivity contribution in [3.63, 3.8) is 0 Å². The quantitative estimate of drug-likeness (QED) is 0.0502. The van der Waals surface area contributed by atoms with Crippen LogP contribution in [0.25, 0.3) is 0 Å². The van der Waals surface area contributed by atoms with Crippen molar-refractivity contribution in [2.75, 3.05) is 13.4 Å². The van der Waals surface area contributed by atoms with Crippen molar-refractivity contribution < 1.29 is 95.8 Å². The summed E-state index contributed by atoms with van der Waals surface area (Å²) in [6.45, 7) is 6.28. The van der Waals surface area contributed by atoms with Crippen LogP contribution in [0.2, 0.25) is 0 Å². The van der Waals surface area contributed by atoms with Crippen LogP contribution in [0.3, 0.4) is 0 Å². The van der Waals surface area contributed by atoms with Crippen molar-refractivity contribution >= 4 is 49.5 Å². The highest BCUT2D eigenvalue weighted by Gasteiger charge is 2.78. The number of Topliss-reactive ketones (excluding diaryl/α,β-unsaturated/α-hetero) is 1. The summed E-state index contributed by atoms with van der Waals surface area (Å²) in [5, 5.41) is 28.4. The van der Waals surface area contributed by atoms with Crippen molar-refractivity contribution in [1.82, 2.24) is 5.32 Å². The van der Waals surface area contributed by atoms with E-state index >= 15 is 9.59 Å². The Hall–Kier alpha value is -6.32. The minimum Gasteiger partial charge on any atom is -0.455 e. The van der Waals surface area contributed by atoms with Gasteiger partial charge in [-0.3, -0.25) is 14.4 Å². The fourth-order valence-corrected chi connectivity index (χ4v) is 10.7. The number of fused-ring (bicyclic) bond motifs is 5. The molecule has 21 nitrogen and oxygen atoms in total. The number of aliphatic hydroxyl groups is 2. The molecule has 4 aliphatic rings. The lowest BCUT2D eigenvalue weighted by Gasteiger charge is -2.67. The number of hydrogen-bond acceptors (Lipinski definition) is 18. The van der Waals surface area contributed by atoms with Crippen molar-refractivity contribution in [2.24, 2.45) is 16.7 Å². The Morgan fingerprint density at radius 1 is 0.831 bits per heavy atom. The van der Waals surface area contributed by atoms with Gasteiger partial charge in [0.05, 0.1) is 35.2 Å². The Morgan fingerprint density at radius 3 is 1.94 bits per heavy atom. The lowest BCUT2D eigenvalue weighted by atomic mass is 9.44. The van der Waals surface area contributed by atoms with E-state index < -0.39 is 133 Å². The maximum absolute atomic E-state index is 15.7. The van der Waals surface area contributed by atoms with Crippen LogP contribution in [-0.4, -0.2) is 123 Å². The Balaban J connectivity index is 1.41. The molecule has 5 N–H and O–H groups in total. The average Bonchev–Trinajstić information content (AvgIpc) is 3.31. The molecule has 3 fully saturated rings. The number of amides is 1. The van der Waals surface area contributed by atoms with Gasteiger partial charge in [0.1, 0.15) is 30.0 Å². The average molecular weight is 1010 g/mol. The number of carbonyl (C=O) groups is 7. The molecule has 1 amide bonds. The van der Waals surface area contributed by atoms with Crippen LogP contribution in [0, 0.1) is 16.7 Å². The van der Waals surface area contributed by atoms with Crippen molar-refractivity contribution in [3.8, 4) is 0 Å². The van der Waals surface area contributed by atoms with Gasteiger partial charge in [-0.05, 0) is 54.8 Å². The first-order chi connectivity index (χ1) is 33.4. The number of ketones is 1. The van der Waals surface area contributed by atoms with E-state index in [0.717, 1.165) is 13.8 Å². The molecule has 7 rings (SSSR count). The third kappa shape index (κ3) is 10.00. The topological polar surface area (TPSA) is 303 Å². The van der Waals surface area contributed by atoms with Gasteiger partial charge >= 0.3 is 43.8 Å². The van der Waals surface area contributed by atoms with Crippen LogP contribution in [0.4, 0.5) is 4.79 Å². The summed E-state index contributed by atoms with van der Waals surface area (Å²) in [6, 6.07) is 20.9. The summed E-state index contributed by atoms with van der Waals surface area (Å²) in [5.74, 6) is -7.89. The molecule has 3 aromatic rings. The third-order valence-electron chi connectivity index (χ3n) is 14.1. The van der Waals surface area contributed by atoms with E-state index in [1.165, 1.54) is 88.4 Å². The van der Waals surface area contributed by atoms with Crippen LogP contribution in [0.1, 0.15) is 86.7 Å². The van der Waals surface area contributed by atoms with E-state index in [2.05, 4.69) is 9.84 Å². The molecule has 2 bridgehead atoms. The lowest BCUT2D eigenvalue weighted by Crippen LogP contribution is -2.82. The van der Waals surface area contributed by atoms with Crippen LogP contribution in [0.15, 0.2) is 102 Å². The number of phosphoric acid groups is 1. The predicted molar refractivity (Wildman–Crippen MR) is 241 cm³/mol. The van der Waals surface area contributed by atoms with E-state index in [0.29, 0.717) is 0 Å². The summed E-state index contributed by atoms with van der Waals surface area (Å²) >= 11 is 0. The van der Waals surface area contributed by atoms with Gasteiger partial charge in [0.2, 0.25) is 12.9 Å². The first kappa shape index (κ1) is 52.5. The normalized spacial score (nSPS) is 29.4. The summed E-state index contributed by atoms with van der Waals surface area (Å²) < 4.78 is 56.8. The molecule has 0 radical (unpaired) electrons. The Morgan fingerprint density at radius 2 is 1.41 bits per heavy atom. The second kappa shape index (κ2) is 20.1. The highest BCUT2D eigenvalue weighted by Crippen LogP contribution is 2.64. The molecule has 380 valence electrons. The SMILES string of the molecule is CC(=O)O[C@H]1C(=O)[C@@]2(C)[C@H]([C@H](OC(=O)c3ccccc3)[C@]3(O)C[C@H](OC(=O)[C@H](OC(=O)c4ccccc4)[C@@H](NC(=O)OCOP(=O)(O)O)c4ccccc4)C(C)=C1C3(C)C)[C@]1(OC(C)=O)CO[C@@H]1C[C@@H]2O. The number of phosphoric ester groups is 1. The van der Waals surface area contributed by atoms with E-state index in [9.17, 15) is 38.8 Å². The van der Waals surface area contributed by atoms with Gasteiger partial charge in [-0.1, -0.05) is 80.6 Å². The van der Waals surface area contributed by atoms with E-state index in [1.54, 1.807) is 30.3 Å². The number of esters is 5. The van der Waals surface area contributed by atoms with Crippen molar-refractivity contribution in [1.29, 1.82) is 0 Å². The monoisotopic (exact) mass is 1010 g/mol. The second-order valence-electron chi connectivity index (χ2n) is 18.6. The predicted octanol–water partition coefficient (Wildman–Crippen LogP) is 3.96. The molecule has 71 heavy (non-hydrogen) atoms. The van der Waals surface area contributed by atoms with Gasteiger partial charge in [0, 0.05) is 32.1 Å². The Bertz CT molecular complexity index is 2640. The number of aliphatic hydroxyl groups excluding tert-OH is 1. The number of alkyl carbamates (subject to hydrolysis) is 1. The van der Waals surface area contributed by atoms with Gasteiger partial charge in [0.25, 0.3) is 0 Å². The smallest absolute Gasteiger partial charge is 0.455 e. The maximum Gasteiger partial charge on any atom is 0.472 e. The minimum absolute atomic E-state index is 0.00109. The summed E-state index contributed by atoms with van der Waals surface area (Å²) in [4.78, 5) is 117. The second-order valence-corrected chi connectivity index (χ2v) is 19.8.